The minimum Gasteiger partial charge on any atom is -0.504 e. The Morgan fingerprint density at radius 3 is 1.35 bits per heavy atom. The Balaban J connectivity index is 3.72. The second-order valence-corrected chi connectivity index (χ2v) is 3.10. The second-order valence-electron chi connectivity index (χ2n) is 3.10. The molecule has 1 aromatic carbocycles. The molecule has 0 aliphatic heterocycles. The third-order valence-corrected chi connectivity index (χ3v) is 2.02. The Kier molecular flexibility index (Phi) is 2.66. The van der Waals surface area contributed by atoms with Gasteiger partial charge in [0.1, 0.15) is 5.56 Å². The number of benzene rings is 1. The van der Waals surface area contributed by atoms with Crippen LogP contribution in [0.1, 0.15) is 5.56 Å². The van der Waals surface area contributed by atoms with Crippen molar-refractivity contribution in [2.75, 3.05) is 0 Å². The first-order valence-electron chi connectivity index (χ1n) is 3.99. The van der Waals surface area contributed by atoms with Crippen molar-refractivity contribution in [3.8, 4) is 28.7 Å². The third-order valence-electron chi connectivity index (χ3n) is 2.02. The summed E-state index contributed by atoms with van der Waals surface area (Å²) in [5, 5.41) is 72.1. The van der Waals surface area contributed by atoms with Gasteiger partial charge in [0, 0.05) is 0 Å². The smallest absolute Gasteiger partial charge is 0.369 e. The lowest BCUT2D eigenvalue weighted by Gasteiger charge is -2.20. The highest BCUT2D eigenvalue weighted by molar-refractivity contribution is 5.82. The van der Waals surface area contributed by atoms with Gasteiger partial charge in [-0.3, -0.25) is 0 Å². The molecule has 9 heteroatoms. The summed E-state index contributed by atoms with van der Waals surface area (Å²) in [4.78, 5) is 10.5. The normalized spacial score (nSPS) is 11.4. The predicted octanol–water partition coefficient (Wildman–Crippen LogP) is -1.56. The van der Waals surface area contributed by atoms with Crippen molar-refractivity contribution in [1.82, 2.24) is 0 Å². The Labute approximate surface area is 92.7 Å². The highest BCUT2D eigenvalue weighted by Gasteiger charge is 2.44. The molecule has 0 saturated carbocycles. The number of aromatic hydroxyl groups is 5. The van der Waals surface area contributed by atoms with Crippen LogP contribution in [0.25, 0.3) is 0 Å². The fourth-order valence-electron chi connectivity index (χ4n) is 1.12. The number of aliphatic carboxylic acids is 1. The number of rotatable bonds is 2. The molecule has 94 valence electrons. The van der Waals surface area contributed by atoms with Gasteiger partial charge >= 0.3 is 5.97 Å². The van der Waals surface area contributed by atoms with E-state index < -0.39 is 46.1 Å². The number of carboxylic acids is 1. The van der Waals surface area contributed by atoms with E-state index >= 15 is 0 Å². The van der Waals surface area contributed by atoms with Gasteiger partial charge in [-0.05, 0) is 0 Å². The van der Waals surface area contributed by atoms with E-state index in [2.05, 4.69) is 0 Å². The maximum absolute atomic E-state index is 10.5. The molecule has 0 unspecified atom stereocenters. The van der Waals surface area contributed by atoms with E-state index in [-0.39, 0.29) is 0 Å². The molecule has 17 heavy (non-hydrogen) atoms. The summed E-state index contributed by atoms with van der Waals surface area (Å²) < 4.78 is 0. The van der Waals surface area contributed by atoms with E-state index in [1.807, 2.05) is 0 Å². The van der Waals surface area contributed by atoms with Crippen LogP contribution in [-0.4, -0.2) is 46.8 Å². The van der Waals surface area contributed by atoms with Crippen LogP contribution in [-0.2, 0) is 10.6 Å². The molecule has 8 N–H and O–H groups in total. The van der Waals surface area contributed by atoms with Gasteiger partial charge in [0.05, 0.1) is 0 Å². The highest BCUT2D eigenvalue weighted by atomic mass is 16.5. The number of phenolic OH excluding ortho intramolecular Hbond substituents is 5. The van der Waals surface area contributed by atoms with Crippen molar-refractivity contribution in [3.05, 3.63) is 5.56 Å². The lowest BCUT2D eigenvalue weighted by molar-refractivity contribution is -0.209. The molecule has 0 aliphatic rings. The Hall–Kier alpha value is -2.39. The van der Waals surface area contributed by atoms with E-state index in [4.69, 9.17) is 30.6 Å². The number of phenols is 5. The summed E-state index contributed by atoms with van der Waals surface area (Å²) in [7, 11) is 0. The Morgan fingerprint density at radius 2 is 1.06 bits per heavy atom. The Morgan fingerprint density at radius 1 is 0.765 bits per heavy atom. The molecule has 0 aromatic heterocycles. The van der Waals surface area contributed by atoms with Gasteiger partial charge in [-0.1, -0.05) is 0 Å². The lowest BCUT2D eigenvalue weighted by atomic mass is 10.0. The fourth-order valence-corrected chi connectivity index (χ4v) is 1.12. The van der Waals surface area contributed by atoms with Crippen molar-refractivity contribution >= 4 is 5.97 Å². The number of carbonyl (C=O) groups is 1. The van der Waals surface area contributed by atoms with Crippen molar-refractivity contribution in [1.29, 1.82) is 0 Å². The predicted molar refractivity (Wildman–Crippen MR) is 48.5 cm³/mol. The van der Waals surface area contributed by atoms with Gasteiger partial charge in [0.2, 0.25) is 17.2 Å². The molecule has 0 radical (unpaired) electrons. The van der Waals surface area contributed by atoms with Gasteiger partial charge in [-0.15, -0.1) is 0 Å². The van der Waals surface area contributed by atoms with Crippen LogP contribution >= 0.6 is 0 Å². The van der Waals surface area contributed by atoms with E-state index in [1.165, 1.54) is 0 Å². The number of aliphatic hydroxyl groups is 2. The number of hydrogen-bond donors (Lipinski definition) is 8. The molecule has 9 nitrogen and oxygen atoms in total. The van der Waals surface area contributed by atoms with Crippen LogP contribution in [0.15, 0.2) is 0 Å². The molecule has 1 rings (SSSR count). The monoisotopic (exact) mass is 248 g/mol. The molecular weight excluding hydrogens is 240 g/mol. The third kappa shape index (κ3) is 1.62. The van der Waals surface area contributed by atoms with Crippen molar-refractivity contribution in [2.45, 2.75) is 5.79 Å². The van der Waals surface area contributed by atoms with Gasteiger partial charge in [0.15, 0.2) is 11.5 Å². The zero-order valence-electron chi connectivity index (χ0n) is 7.99. The molecule has 0 atom stereocenters. The summed E-state index contributed by atoms with van der Waals surface area (Å²) >= 11 is 0. The maximum atomic E-state index is 10.5. The summed E-state index contributed by atoms with van der Waals surface area (Å²) in [6.45, 7) is 0. The van der Waals surface area contributed by atoms with Crippen LogP contribution in [0, 0.1) is 0 Å². The van der Waals surface area contributed by atoms with Crippen LogP contribution in [0.5, 0.6) is 28.7 Å². The zero-order valence-corrected chi connectivity index (χ0v) is 7.99. The minimum atomic E-state index is -3.77. The Bertz CT molecular complexity index is 461. The van der Waals surface area contributed by atoms with Crippen molar-refractivity contribution in [3.63, 3.8) is 0 Å². The van der Waals surface area contributed by atoms with Crippen LogP contribution in [0.3, 0.4) is 0 Å². The van der Waals surface area contributed by atoms with E-state index in [9.17, 15) is 15.0 Å². The summed E-state index contributed by atoms with van der Waals surface area (Å²) in [5.74, 6) is -13.2. The number of carboxylic acid groups (broad SMARTS) is 1. The summed E-state index contributed by atoms with van der Waals surface area (Å²) in [6, 6.07) is 0. The highest BCUT2D eigenvalue weighted by Crippen LogP contribution is 2.53. The lowest BCUT2D eigenvalue weighted by Crippen LogP contribution is -2.35. The van der Waals surface area contributed by atoms with Crippen molar-refractivity contribution in [2.24, 2.45) is 0 Å². The van der Waals surface area contributed by atoms with Gasteiger partial charge in [-0.25, -0.2) is 4.79 Å². The molecular formula is C8H8O9. The molecule has 1 aromatic rings. The molecule has 0 bridgehead atoms. The van der Waals surface area contributed by atoms with E-state index in [1.54, 1.807) is 0 Å². The van der Waals surface area contributed by atoms with Gasteiger partial charge in [-0.2, -0.15) is 0 Å². The maximum Gasteiger partial charge on any atom is 0.369 e. The van der Waals surface area contributed by atoms with E-state index in [0.717, 1.165) is 0 Å². The first kappa shape index (κ1) is 12.7. The largest absolute Gasteiger partial charge is 0.504 e. The van der Waals surface area contributed by atoms with Crippen LogP contribution in [0.4, 0.5) is 0 Å². The fraction of sp³-hybridized carbons (Fsp3) is 0.125. The van der Waals surface area contributed by atoms with Crippen molar-refractivity contribution < 1.29 is 45.6 Å². The average Bonchev–Trinajstić information content (AvgIpc) is 2.23. The standard InChI is InChI=1S/C8H8O9/c9-2-1(8(16,17)7(14)15)3(10)5(12)6(13)4(2)11/h9-13,16-17H,(H,14,15). The van der Waals surface area contributed by atoms with Crippen LogP contribution in [0.2, 0.25) is 0 Å². The molecule has 0 amide bonds. The van der Waals surface area contributed by atoms with Gasteiger partial charge in [0.25, 0.3) is 5.79 Å². The first-order valence-corrected chi connectivity index (χ1v) is 3.99. The summed E-state index contributed by atoms with van der Waals surface area (Å²) in [6.07, 6.45) is 0. The molecule has 0 saturated heterocycles. The van der Waals surface area contributed by atoms with Crippen LogP contribution < -0.4 is 0 Å². The molecule has 0 heterocycles. The number of hydrogen-bond acceptors (Lipinski definition) is 8. The summed E-state index contributed by atoms with van der Waals surface area (Å²) in [5.41, 5.74) is -1.47. The molecule has 0 fully saturated rings. The topological polar surface area (TPSA) is 179 Å². The molecule has 0 aliphatic carbocycles. The minimum absolute atomic E-state index is 1.34. The molecule has 0 spiro atoms. The van der Waals surface area contributed by atoms with Gasteiger partial charge < -0.3 is 40.9 Å². The second kappa shape index (κ2) is 3.57. The first-order chi connectivity index (χ1) is 7.62. The van der Waals surface area contributed by atoms with E-state index in [0.29, 0.717) is 0 Å². The SMILES string of the molecule is O=C(O)C(O)(O)c1c(O)c(O)c(O)c(O)c1O. The zero-order chi connectivity index (χ0) is 13.5. The average molecular weight is 248 g/mol. The quantitative estimate of drug-likeness (QED) is 0.174.